The lowest BCUT2D eigenvalue weighted by molar-refractivity contribution is 0.307. The summed E-state index contributed by atoms with van der Waals surface area (Å²) in [7, 11) is 0. The number of ether oxygens (including phenoxy) is 1. The summed E-state index contributed by atoms with van der Waals surface area (Å²) in [4.78, 5) is 2.69. The molecule has 1 aromatic carbocycles. The maximum Gasteiger partial charge on any atom is 0.123 e. The van der Waals surface area contributed by atoms with E-state index in [-0.39, 0.29) is 0 Å². The molecule has 3 heteroatoms. The zero-order valence-corrected chi connectivity index (χ0v) is 13.8. The largest absolute Gasteiger partial charge is 0.488 e. The molecule has 3 rings (SSSR count). The lowest BCUT2D eigenvalue weighted by Gasteiger charge is -2.11. The van der Waals surface area contributed by atoms with Gasteiger partial charge in [0, 0.05) is 22.3 Å². The lowest BCUT2D eigenvalue weighted by atomic mass is 10.1. The van der Waals surface area contributed by atoms with E-state index < -0.39 is 0 Å². The van der Waals surface area contributed by atoms with Crippen LogP contribution in [0.15, 0.2) is 24.3 Å². The Morgan fingerprint density at radius 1 is 1.14 bits per heavy atom. The molecule has 1 aliphatic carbocycles. The Kier molecular flexibility index (Phi) is 4.32. The molecule has 1 aliphatic rings. The van der Waals surface area contributed by atoms with Crippen molar-refractivity contribution in [2.24, 2.45) is 0 Å². The van der Waals surface area contributed by atoms with Crippen molar-refractivity contribution in [3.8, 4) is 5.75 Å². The highest BCUT2D eigenvalue weighted by Crippen LogP contribution is 2.26. The molecule has 1 aromatic heterocycles. The second-order valence-electron chi connectivity index (χ2n) is 6.02. The maximum absolute atomic E-state index is 6.03. The third-order valence-electron chi connectivity index (χ3n) is 3.99. The van der Waals surface area contributed by atoms with E-state index in [1.165, 1.54) is 39.3 Å². The fourth-order valence-corrected chi connectivity index (χ4v) is 3.31. The molecule has 112 valence electrons. The highest BCUT2D eigenvalue weighted by Gasteiger charge is 2.20. The Morgan fingerprint density at radius 3 is 2.67 bits per heavy atom. The summed E-state index contributed by atoms with van der Waals surface area (Å²) in [6.07, 6.45) is 2.68. The van der Waals surface area contributed by atoms with Gasteiger partial charge in [-0.15, -0.1) is 11.3 Å². The molecule has 0 atom stereocenters. The molecule has 1 fully saturated rings. The van der Waals surface area contributed by atoms with Gasteiger partial charge < -0.3 is 10.1 Å². The minimum absolute atomic E-state index is 0.665. The van der Waals surface area contributed by atoms with Crippen LogP contribution >= 0.6 is 11.3 Å². The monoisotopic (exact) mass is 301 g/mol. The molecule has 0 aliphatic heterocycles. The van der Waals surface area contributed by atoms with E-state index in [4.69, 9.17) is 4.74 Å². The second-order valence-corrected chi connectivity index (χ2v) is 7.27. The zero-order valence-electron chi connectivity index (χ0n) is 13.0. The van der Waals surface area contributed by atoms with Crippen LogP contribution in [0.1, 0.15) is 39.3 Å². The van der Waals surface area contributed by atoms with Gasteiger partial charge in [0.2, 0.25) is 0 Å². The fraction of sp³-hybridized carbons (Fsp3) is 0.444. The average molecular weight is 301 g/mol. The molecule has 2 aromatic rings. The van der Waals surface area contributed by atoms with Crippen LogP contribution in [0, 0.1) is 20.8 Å². The van der Waals surface area contributed by atoms with E-state index in [9.17, 15) is 0 Å². The summed E-state index contributed by atoms with van der Waals surface area (Å²) < 4.78 is 6.03. The summed E-state index contributed by atoms with van der Waals surface area (Å²) in [5.41, 5.74) is 3.80. The first-order valence-corrected chi connectivity index (χ1v) is 8.45. The first-order chi connectivity index (χ1) is 10.1. The van der Waals surface area contributed by atoms with Gasteiger partial charge >= 0.3 is 0 Å². The van der Waals surface area contributed by atoms with Crippen molar-refractivity contribution in [1.82, 2.24) is 5.32 Å². The molecule has 0 unspecified atom stereocenters. The molecule has 2 nitrogen and oxygen atoms in total. The standard InChI is InChI=1S/C18H23NOS/c1-12-8-13(2)14(3)18(9-12)20-11-17-7-6-16(21-17)10-19-15-4-5-15/h6-9,15,19H,4-5,10-11H2,1-3H3. The second kappa shape index (κ2) is 6.20. The predicted octanol–water partition coefficient (Wildman–Crippen LogP) is 4.50. The van der Waals surface area contributed by atoms with Gasteiger partial charge in [0.1, 0.15) is 12.4 Å². The molecule has 21 heavy (non-hydrogen) atoms. The SMILES string of the molecule is Cc1cc(C)c(C)c(OCc2ccc(CNC3CC3)s2)c1. The molecule has 0 bridgehead atoms. The van der Waals surface area contributed by atoms with Crippen molar-refractivity contribution in [1.29, 1.82) is 0 Å². The zero-order chi connectivity index (χ0) is 14.8. The molecular weight excluding hydrogens is 278 g/mol. The molecule has 0 saturated heterocycles. The van der Waals surface area contributed by atoms with E-state index >= 15 is 0 Å². The summed E-state index contributed by atoms with van der Waals surface area (Å²) in [5, 5.41) is 3.55. The molecule has 1 saturated carbocycles. The Morgan fingerprint density at radius 2 is 1.90 bits per heavy atom. The van der Waals surface area contributed by atoms with Gasteiger partial charge in [-0.05, 0) is 68.5 Å². The van der Waals surface area contributed by atoms with Crippen LogP contribution in [0.4, 0.5) is 0 Å². The first kappa shape index (κ1) is 14.6. The molecular formula is C18H23NOS. The Hall–Kier alpha value is -1.32. The van der Waals surface area contributed by atoms with Crippen molar-refractivity contribution >= 4 is 11.3 Å². The van der Waals surface area contributed by atoms with Crippen LogP contribution in [-0.4, -0.2) is 6.04 Å². The maximum atomic E-state index is 6.03. The Bertz CT molecular complexity index is 628. The number of benzene rings is 1. The summed E-state index contributed by atoms with van der Waals surface area (Å²) in [6, 6.07) is 9.50. The van der Waals surface area contributed by atoms with Crippen molar-refractivity contribution in [2.75, 3.05) is 0 Å². The third-order valence-corrected chi connectivity index (χ3v) is 5.05. The van der Waals surface area contributed by atoms with Crippen LogP contribution in [0.5, 0.6) is 5.75 Å². The van der Waals surface area contributed by atoms with E-state index in [1.807, 2.05) is 11.3 Å². The molecule has 0 spiro atoms. The van der Waals surface area contributed by atoms with E-state index in [1.54, 1.807) is 0 Å². The Labute approximate surface area is 131 Å². The quantitative estimate of drug-likeness (QED) is 0.848. The summed E-state index contributed by atoms with van der Waals surface area (Å²) in [5.74, 6) is 1.01. The topological polar surface area (TPSA) is 21.3 Å². The number of rotatable bonds is 6. The van der Waals surface area contributed by atoms with Gasteiger partial charge in [-0.25, -0.2) is 0 Å². The van der Waals surface area contributed by atoms with E-state index in [2.05, 4.69) is 50.4 Å². The minimum atomic E-state index is 0.665. The lowest BCUT2D eigenvalue weighted by Crippen LogP contribution is -2.14. The van der Waals surface area contributed by atoms with Crippen LogP contribution in [-0.2, 0) is 13.2 Å². The van der Waals surface area contributed by atoms with Crippen LogP contribution in [0.2, 0.25) is 0 Å². The molecule has 0 amide bonds. The summed E-state index contributed by atoms with van der Waals surface area (Å²) >= 11 is 1.85. The summed E-state index contributed by atoms with van der Waals surface area (Å²) in [6.45, 7) is 8.05. The van der Waals surface area contributed by atoms with Crippen molar-refractivity contribution < 1.29 is 4.74 Å². The Balaban J connectivity index is 1.59. The number of hydrogen-bond donors (Lipinski definition) is 1. The van der Waals surface area contributed by atoms with Crippen LogP contribution in [0.25, 0.3) is 0 Å². The number of hydrogen-bond acceptors (Lipinski definition) is 3. The van der Waals surface area contributed by atoms with Crippen LogP contribution in [0.3, 0.4) is 0 Å². The van der Waals surface area contributed by atoms with Crippen molar-refractivity contribution in [3.05, 3.63) is 50.7 Å². The van der Waals surface area contributed by atoms with Gasteiger partial charge in [0.15, 0.2) is 0 Å². The van der Waals surface area contributed by atoms with Gasteiger partial charge in [-0.2, -0.15) is 0 Å². The highest BCUT2D eigenvalue weighted by atomic mass is 32.1. The smallest absolute Gasteiger partial charge is 0.123 e. The van der Waals surface area contributed by atoms with Gasteiger partial charge in [0.25, 0.3) is 0 Å². The molecule has 1 N–H and O–H groups in total. The predicted molar refractivity (Wildman–Crippen MR) is 89.2 cm³/mol. The molecule has 1 heterocycles. The number of aryl methyl sites for hydroxylation is 2. The van der Waals surface area contributed by atoms with Crippen molar-refractivity contribution in [3.63, 3.8) is 0 Å². The van der Waals surface area contributed by atoms with Gasteiger partial charge in [0.05, 0.1) is 0 Å². The van der Waals surface area contributed by atoms with Crippen LogP contribution < -0.4 is 10.1 Å². The van der Waals surface area contributed by atoms with Crippen molar-refractivity contribution in [2.45, 2.75) is 52.8 Å². The normalized spacial score (nSPS) is 14.4. The van der Waals surface area contributed by atoms with Gasteiger partial charge in [-0.1, -0.05) is 6.07 Å². The first-order valence-electron chi connectivity index (χ1n) is 7.63. The number of nitrogens with one attached hydrogen (secondary N) is 1. The fourth-order valence-electron chi connectivity index (χ4n) is 2.43. The van der Waals surface area contributed by atoms with Gasteiger partial charge in [-0.3, -0.25) is 0 Å². The van der Waals surface area contributed by atoms with E-state index in [0.29, 0.717) is 6.61 Å². The minimum Gasteiger partial charge on any atom is -0.488 e. The average Bonchev–Trinajstić information content (AvgIpc) is 3.17. The highest BCUT2D eigenvalue weighted by molar-refractivity contribution is 7.11. The number of thiophene rings is 1. The van der Waals surface area contributed by atoms with E-state index in [0.717, 1.165) is 18.3 Å². The third kappa shape index (κ3) is 3.86. The molecule has 0 radical (unpaired) electrons.